The van der Waals surface area contributed by atoms with E-state index in [4.69, 9.17) is 4.74 Å². The highest BCUT2D eigenvalue weighted by atomic mass is 16.5. The largest absolute Gasteiger partial charge is 0.378 e. The third-order valence-corrected chi connectivity index (χ3v) is 5.37. The topological polar surface area (TPSA) is 58.6 Å². The summed E-state index contributed by atoms with van der Waals surface area (Å²) in [5.41, 5.74) is 2.26. The maximum atomic E-state index is 13.2. The maximum absolute atomic E-state index is 13.2. The lowest BCUT2D eigenvalue weighted by Gasteiger charge is -2.29. The van der Waals surface area contributed by atoms with Crippen LogP contribution in [0.4, 0.5) is 0 Å². The van der Waals surface area contributed by atoms with Crippen LogP contribution in [0.25, 0.3) is 0 Å². The van der Waals surface area contributed by atoms with Gasteiger partial charge < -0.3 is 15.0 Å². The number of benzene rings is 2. The van der Waals surface area contributed by atoms with E-state index in [0.29, 0.717) is 32.7 Å². The Bertz CT molecular complexity index is 754. The predicted octanol–water partition coefficient (Wildman–Crippen LogP) is 2.18. The Morgan fingerprint density at radius 1 is 1.00 bits per heavy atom. The third kappa shape index (κ3) is 4.03. The number of carbonyl (C=O) groups excluding carboxylic acids is 2. The van der Waals surface area contributed by atoms with Gasteiger partial charge in [0.05, 0.1) is 25.2 Å². The Balaban J connectivity index is 1.56. The number of rotatable bonds is 4. The molecule has 0 aromatic heterocycles. The Morgan fingerprint density at radius 3 is 2.26 bits per heavy atom. The summed E-state index contributed by atoms with van der Waals surface area (Å²) in [6.07, 6.45) is 0.391. The molecule has 2 saturated heterocycles. The fraction of sp³-hybridized carbons (Fsp3) is 0.364. The number of hydrogen-bond acceptors (Lipinski definition) is 3. The van der Waals surface area contributed by atoms with Crippen molar-refractivity contribution in [2.75, 3.05) is 26.3 Å². The first kappa shape index (κ1) is 17.7. The summed E-state index contributed by atoms with van der Waals surface area (Å²) in [6, 6.07) is 20.2. The molecule has 2 aromatic carbocycles. The van der Waals surface area contributed by atoms with E-state index in [2.05, 4.69) is 29.6 Å². The van der Waals surface area contributed by atoms with E-state index < -0.39 is 0 Å². The van der Waals surface area contributed by atoms with Crippen LogP contribution in [-0.2, 0) is 14.3 Å². The number of nitrogens with zero attached hydrogens (tertiary/aromatic N) is 1. The van der Waals surface area contributed by atoms with E-state index in [1.54, 1.807) is 0 Å². The van der Waals surface area contributed by atoms with Gasteiger partial charge in [0.25, 0.3) is 0 Å². The van der Waals surface area contributed by atoms with Crippen molar-refractivity contribution in [2.45, 2.75) is 18.4 Å². The molecule has 2 aliphatic heterocycles. The molecule has 4 rings (SSSR count). The van der Waals surface area contributed by atoms with E-state index in [0.717, 1.165) is 11.1 Å². The number of hydrogen-bond donors (Lipinski definition) is 1. The molecule has 2 fully saturated rings. The van der Waals surface area contributed by atoms with Crippen molar-refractivity contribution in [2.24, 2.45) is 5.92 Å². The van der Waals surface area contributed by atoms with Crippen LogP contribution in [0.3, 0.4) is 0 Å². The van der Waals surface area contributed by atoms with Gasteiger partial charge in [0.1, 0.15) is 0 Å². The molecule has 1 N–H and O–H groups in total. The summed E-state index contributed by atoms with van der Waals surface area (Å²) in [5.74, 6) is -0.201. The van der Waals surface area contributed by atoms with E-state index in [1.807, 2.05) is 41.3 Å². The lowest BCUT2D eigenvalue weighted by Crippen LogP contribution is -2.44. The lowest BCUT2D eigenvalue weighted by atomic mass is 9.88. The van der Waals surface area contributed by atoms with Crippen molar-refractivity contribution in [1.82, 2.24) is 10.2 Å². The molecule has 140 valence electrons. The van der Waals surface area contributed by atoms with Crippen molar-refractivity contribution in [1.29, 1.82) is 0 Å². The normalized spacial score (nSPS) is 22.3. The van der Waals surface area contributed by atoms with Crippen molar-refractivity contribution in [3.63, 3.8) is 0 Å². The van der Waals surface area contributed by atoms with Gasteiger partial charge in [0.2, 0.25) is 11.8 Å². The molecular weight excluding hydrogens is 340 g/mol. The monoisotopic (exact) mass is 364 g/mol. The Hall–Kier alpha value is -2.66. The molecule has 0 radical (unpaired) electrons. The molecule has 0 unspecified atom stereocenters. The minimum atomic E-state index is -0.284. The van der Waals surface area contributed by atoms with Crippen LogP contribution in [0.5, 0.6) is 0 Å². The van der Waals surface area contributed by atoms with E-state index in [1.165, 1.54) is 0 Å². The van der Waals surface area contributed by atoms with E-state index in [9.17, 15) is 9.59 Å². The number of fused-ring (bicyclic) bond motifs is 3. The Labute approximate surface area is 159 Å². The minimum Gasteiger partial charge on any atom is -0.378 e. The molecule has 0 spiro atoms. The average molecular weight is 364 g/mol. The zero-order valence-electron chi connectivity index (χ0n) is 15.2. The van der Waals surface area contributed by atoms with E-state index in [-0.39, 0.29) is 29.7 Å². The molecule has 5 heteroatoms. The predicted molar refractivity (Wildman–Crippen MR) is 102 cm³/mol. The molecular formula is C22H24N2O3. The van der Waals surface area contributed by atoms with Crippen LogP contribution >= 0.6 is 0 Å². The highest BCUT2D eigenvalue weighted by Crippen LogP contribution is 2.29. The standard InChI is InChI=1S/C22H24N2O3/c25-21(24-12-18-14-27-15-19(13-24)23-22(18)26)11-20(16-7-3-1-4-8-16)17-9-5-2-6-10-17/h1-10,18-20H,11-15H2,(H,23,26)/t18-,19+/m1/s1. The van der Waals surface area contributed by atoms with Gasteiger partial charge in [0, 0.05) is 25.4 Å². The van der Waals surface area contributed by atoms with Crippen molar-refractivity contribution in [3.05, 3.63) is 71.8 Å². The molecule has 2 aliphatic rings. The Kier molecular flexibility index (Phi) is 5.21. The summed E-state index contributed by atoms with van der Waals surface area (Å²) in [4.78, 5) is 27.2. The molecule has 2 heterocycles. The van der Waals surface area contributed by atoms with Gasteiger partial charge in [-0.1, -0.05) is 60.7 Å². The highest BCUT2D eigenvalue weighted by Gasteiger charge is 2.35. The average Bonchev–Trinajstić information content (AvgIpc) is 2.96. The third-order valence-electron chi connectivity index (χ3n) is 5.37. The van der Waals surface area contributed by atoms with Gasteiger partial charge in [-0.15, -0.1) is 0 Å². The van der Waals surface area contributed by atoms with Crippen LogP contribution in [0.15, 0.2) is 60.7 Å². The maximum Gasteiger partial charge on any atom is 0.227 e. The second kappa shape index (κ2) is 7.92. The van der Waals surface area contributed by atoms with Crippen LogP contribution < -0.4 is 5.32 Å². The Morgan fingerprint density at radius 2 is 1.63 bits per heavy atom. The lowest BCUT2D eigenvalue weighted by molar-refractivity contribution is -0.133. The minimum absolute atomic E-state index is 0.00269. The number of amides is 2. The quantitative estimate of drug-likeness (QED) is 0.905. The molecule has 2 atom stereocenters. The summed E-state index contributed by atoms with van der Waals surface area (Å²) < 4.78 is 5.56. The molecule has 27 heavy (non-hydrogen) atoms. The van der Waals surface area contributed by atoms with Crippen LogP contribution in [0.2, 0.25) is 0 Å². The summed E-state index contributed by atoms with van der Waals surface area (Å²) in [7, 11) is 0. The molecule has 2 bridgehead atoms. The zero-order chi connectivity index (χ0) is 18.6. The first-order valence-corrected chi connectivity index (χ1v) is 9.46. The fourth-order valence-corrected chi connectivity index (χ4v) is 3.94. The number of ether oxygens (including phenoxy) is 1. The molecule has 5 nitrogen and oxygen atoms in total. The fourth-order valence-electron chi connectivity index (χ4n) is 3.94. The highest BCUT2D eigenvalue weighted by molar-refractivity contribution is 5.83. The van der Waals surface area contributed by atoms with Gasteiger partial charge in [-0.3, -0.25) is 9.59 Å². The number of nitrogens with one attached hydrogen (secondary N) is 1. The van der Waals surface area contributed by atoms with Crippen molar-refractivity contribution < 1.29 is 14.3 Å². The smallest absolute Gasteiger partial charge is 0.227 e. The van der Waals surface area contributed by atoms with Gasteiger partial charge >= 0.3 is 0 Å². The first-order valence-electron chi connectivity index (χ1n) is 9.46. The van der Waals surface area contributed by atoms with Gasteiger partial charge in [-0.2, -0.15) is 0 Å². The second-order valence-electron chi connectivity index (χ2n) is 7.32. The van der Waals surface area contributed by atoms with Crippen molar-refractivity contribution in [3.8, 4) is 0 Å². The number of carbonyl (C=O) groups is 2. The van der Waals surface area contributed by atoms with Gasteiger partial charge in [-0.25, -0.2) is 0 Å². The zero-order valence-corrected chi connectivity index (χ0v) is 15.2. The van der Waals surface area contributed by atoms with Crippen molar-refractivity contribution >= 4 is 11.8 Å². The van der Waals surface area contributed by atoms with E-state index >= 15 is 0 Å². The first-order chi connectivity index (χ1) is 13.2. The molecule has 0 aliphatic carbocycles. The van der Waals surface area contributed by atoms with Crippen LogP contribution in [-0.4, -0.2) is 49.1 Å². The van der Waals surface area contributed by atoms with Gasteiger partial charge in [-0.05, 0) is 11.1 Å². The van der Waals surface area contributed by atoms with Crippen LogP contribution in [0, 0.1) is 5.92 Å². The molecule has 2 aromatic rings. The molecule has 0 saturated carbocycles. The molecule has 2 amide bonds. The SMILES string of the molecule is O=C1N[C@@H]2COC[C@H]1CN(C(=O)CC(c1ccccc1)c1ccccc1)C2. The summed E-state index contributed by atoms with van der Waals surface area (Å²) >= 11 is 0. The second-order valence-corrected chi connectivity index (χ2v) is 7.32. The van der Waals surface area contributed by atoms with Gasteiger partial charge in [0.15, 0.2) is 0 Å². The van der Waals surface area contributed by atoms with Crippen LogP contribution in [0.1, 0.15) is 23.5 Å². The summed E-state index contributed by atoms with van der Waals surface area (Å²) in [5, 5.41) is 2.98. The summed E-state index contributed by atoms with van der Waals surface area (Å²) in [6.45, 7) is 1.79.